The molecule has 0 atom stereocenters. The summed E-state index contributed by atoms with van der Waals surface area (Å²) in [6.07, 6.45) is 0.980. The molecule has 0 fully saturated rings. The second-order valence-corrected chi connectivity index (χ2v) is 9.64. The fourth-order valence-electron chi connectivity index (χ4n) is 1.65. The van der Waals surface area contributed by atoms with E-state index in [9.17, 15) is 8.42 Å². The molecule has 0 aliphatic heterocycles. The van der Waals surface area contributed by atoms with E-state index in [0.29, 0.717) is 11.4 Å². The number of nitrogens with one attached hydrogen (secondary N) is 1. The van der Waals surface area contributed by atoms with Gasteiger partial charge in [-0.1, -0.05) is 6.92 Å². The SMILES string of the molecule is CCc1ccc(CNS(=O)(=O)c2cc(Br)sc2C)s1. The fourth-order valence-corrected chi connectivity index (χ4v) is 6.06. The molecular weight excluding hydrogens is 366 g/mol. The van der Waals surface area contributed by atoms with Crippen LogP contribution in [0.3, 0.4) is 0 Å². The summed E-state index contributed by atoms with van der Waals surface area (Å²) in [5.41, 5.74) is 0. The highest BCUT2D eigenvalue weighted by Crippen LogP contribution is 2.29. The third-order valence-electron chi connectivity index (χ3n) is 2.63. The van der Waals surface area contributed by atoms with E-state index in [0.717, 1.165) is 20.0 Å². The summed E-state index contributed by atoms with van der Waals surface area (Å²) in [6, 6.07) is 5.66. The van der Waals surface area contributed by atoms with Gasteiger partial charge in [-0.05, 0) is 47.5 Å². The highest BCUT2D eigenvalue weighted by Gasteiger charge is 2.19. The lowest BCUT2D eigenvalue weighted by Crippen LogP contribution is -2.22. The molecule has 1 N–H and O–H groups in total. The first-order chi connectivity index (χ1) is 8.92. The van der Waals surface area contributed by atoms with Crippen LogP contribution in [0.5, 0.6) is 0 Å². The molecule has 2 aromatic rings. The van der Waals surface area contributed by atoms with Gasteiger partial charge in [0.1, 0.15) is 0 Å². The first kappa shape index (κ1) is 15.2. The number of thiophene rings is 2. The van der Waals surface area contributed by atoms with Crippen LogP contribution in [0.1, 0.15) is 21.6 Å². The molecule has 0 aliphatic carbocycles. The van der Waals surface area contributed by atoms with Gasteiger partial charge in [0.15, 0.2) is 0 Å². The first-order valence-corrected chi connectivity index (χ1v) is 9.66. The average molecular weight is 380 g/mol. The monoisotopic (exact) mass is 379 g/mol. The molecule has 0 amide bonds. The van der Waals surface area contributed by atoms with Crippen LogP contribution in [-0.4, -0.2) is 8.42 Å². The third-order valence-corrected chi connectivity index (χ3v) is 7.07. The quantitative estimate of drug-likeness (QED) is 0.855. The molecule has 104 valence electrons. The van der Waals surface area contributed by atoms with Crippen LogP contribution in [0.25, 0.3) is 0 Å². The summed E-state index contributed by atoms with van der Waals surface area (Å²) < 4.78 is 27.9. The van der Waals surface area contributed by atoms with Crippen LogP contribution >= 0.6 is 38.6 Å². The number of sulfonamides is 1. The first-order valence-electron chi connectivity index (χ1n) is 5.75. The Morgan fingerprint density at radius 3 is 2.47 bits per heavy atom. The van der Waals surface area contributed by atoms with E-state index < -0.39 is 10.0 Å². The van der Waals surface area contributed by atoms with Crippen LogP contribution in [0.2, 0.25) is 0 Å². The lowest BCUT2D eigenvalue weighted by molar-refractivity contribution is 0.581. The second kappa shape index (κ2) is 6.05. The Bertz CT molecular complexity index is 673. The summed E-state index contributed by atoms with van der Waals surface area (Å²) >= 11 is 6.38. The molecule has 19 heavy (non-hydrogen) atoms. The van der Waals surface area contributed by atoms with Crippen molar-refractivity contribution in [2.24, 2.45) is 0 Å². The van der Waals surface area contributed by atoms with Crippen molar-refractivity contribution in [3.63, 3.8) is 0 Å². The minimum Gasteiger partial charge on any atom is -0.207 e. The standard InChI is InChI=1S/C12H14BrNO2S3/c1-3-9-4-5-10(18-9)7-14-19(15,16)11-6-12(13)17-8(11)2/h4-6,14H,3,7H2,1-2H3. The van der Waals surface area contributed by atoms with Gasteiger partial charge in [0.2, 0.25) is 10.0 Å². The molecule has 2 heterocycles. The Labute approximate surface area is 129 Å². The summed E-state index contributed by atoms with van der Waals surface area (Å²) in [7, 11) is -3.43. The molecular formula is C12H14BrNO2S3. The van der Waals surface area contributed by atoms with Crippen LogP contribution in [0.15, 0.2) is 26.9 Å². The Morgan fingerprint density at radius 1 is 1.26 bits per heavy atom. The van der Waals surface area contributed by atoms with Gasteiger partial charge in [0.05, 0.1) is 8.68 Å². The van der Waals surface area contributed by atoms with Crippen molar-refractivity contribution >= 4 is 48.6 Å². The van der Waals surface area contributed by atoms with Crippen LogP contribution in [-0.2, 0) is 23.0 Å². The van der Waals surface area contributed by atoms with Crippen molar-refractivity contribution in [1.82, 2.24) is 4.72 Å². The molecule has 2 rings (SSSR count). The van der Waals surface area contributed by atoms with Crippen molar-refractivity contribution in [3.8, 4) is 0 Å². The fraction of sp³-hybridized carbons (Fsp3) is 0.333. The van der Waals surface area contributed by atoms with Gasteiger partial charge < -0.3 is 0 Å². The maximum absolute atomic E-state index is 12.2. The molecule has 0 aliphatic rings. The zero-order valence-electron chi connectivity index (χ0n) is 10.6. The minimum absolute atomic E-state index is 0.347. The highest BCUT2D eigenvalue weighted by atomic mass is 79.9. The van der Waals surface area contributed by atoms with Gasteiger partial charge >= 0.3 is 0 Å². The van der Waals surface area contributed by atoms with Crippen molar-refractivity contribution in [3.05, 3.63) is 36.6 Å². The third kappa shape index (κ3) is 3.66. The van der Waals surface area contributed by atoms with Gasteiger partial charge in [-0.2, -0.15) is 0 Å². The number of hydrogen-bond donors (Lipinski definition) is 1. The molecule has 7 heteroatoms. The van der Waals surface area contributed by atoms with Crippen molar-refractivity contribution in [2.45, 2.75) is 31.7 Å². The van der Waals surface area contributed by atoms with Crippen LogP contribution < -0.4 is 4.72 Å². The zero-order chi connectivity index (χ0) is 14.0. The van der Waals surface area contributed by atoms with Gasteiger partial charge in [-0.15, -0.1) is 22.7 Å². The molecule has 0 unspecified atom stereocenters. The summed E-state index contributed by atoms with van der Waals surface area (Å²) in [5.74, 6) is 0. The largest absolute Gasteiger partial charge is 0.242 e. The lowest BCUT2D eigenvalue weighted by atomic mass is 10.4. The zero-order valence-corrected chi connectivity index (χ0v) is 14.6. The second-order valence-electron chi connectivity index (χ2n) is 4.02. The maximum Gasteiger partial charge on any atom is 0.242 e. The van der Waals surface area contributed by atoms with E-state index in [2.05, 4.69) is 27.6 Å². The number of rotatable bonds is 5. The Balaban J connectivity index is 2.11. The van der Waals surface area contributed by atoms with Crippen LogP contribution in [0.4, 0.5) is 0 Å². The summed E-state index contributed by atoms with van der Waals surface area (Å²) in [4.78, 5) is 3.45. The molecule has 0 saturated heterocycles. The van der Waals surface area contributed by atoms with Crippen LogP contribution in [0, 0.1) is 6.92 Å². The van der Waals surface area contributed by atoms with E-state index in [1.54, 1.807) is 17.4 Å². The molecule has 2 aromatic heterocycles. The predicted octanol–water partition coefficient (Wildman–Crippen LogP) is 3.92. The van der Waals surface area contributed by atoms with Crippen molar-refractivity contribution < 1.29 is 8.42 Å². The molecule has 0 aromatic carbocycles. The van der Waals surface area contributed by atoms with Crippen molar-refractivity contribution in [1.29, 1.82) is 0 Å². The van der Waals surface area contributed by atoms with Crippen molar-refractivity contribution in [2.75, 3.05) is 0 Å². The van der Waals surface area contributed by atoms with E-state index in [1.165, 1.54) is 16.2 Å². The normalized spacial score (nSPS) is 11.9. The average Bonchev–Trinajstić information content (AvgIpc) is 2.93. The van der Waals surface area contributed by atoms with E-state index >= 15 is 0 Å². The van der Waals surface area contributed by atoms with Gasteiger partial charge in [0.25, 0.3) is 0 Å². The number of aryl methyl sites for hydroxylation is 2. The maximum atomic E-state index is 12.2. The topological polar surface area (TPSA) is 46.2 Å². The molecule has 0 spiro atoms. The van der Waals surface area contributed by atoms with Gasteiger partial charge in [-0.25, -0.2) is 13.1 Å². The van der Waals surface area contributed by atoms with E-state index in [-0.39, 0.29) is 0 Å². The molecule has 3 nitrogen and oxygen atoms in total. The number of hydrogen-bond acceptors (Lipinski definition) is 4. The molecule has 0 bridgehead atoms. The van der Waals surface area contributed by atoms with Gasteiger partial charge in [0, 0.05) is 21.2 Å². The van der Waals surface area contributed by atoms with E-state index in [1.807, 2.05) is 19.1 Å². The Hall–Kier alpha value is -0.210. The molecule has 0 radical (unpaired) electrons. The summed E-state index contributed by atoms with van der Waals surface area (Å²) in [5, 5.41) is 0. The Kier molecular flexibility index (Phi) is 4.84. The Morgan fingerprint density at radius 2 is 1.95 bits per heavy atom. The molecule has 0 saturated carbocycles. The predicted molar refractivity (Wildman–Crippen MR) is 84.5 cm³/mol. The highest BCUT2D eigenvalue weighted by molar-refractivity contribution is 9.11. The van der Waals surface area contributed by atoms with E-state index in [4.69, 9.17) is 0 Å². The lowest BCUT2D eigenvalue weighted by Gasteiger charge is -2.04. The smallest absolute Gasteiger partial charge is 0.207 e. The number of halogens is 1. The minimum atomic E-state index is -3.43. The summed E-state index contributed by atoms with van der Waals surface area (Å²) in [6.45, 7) is 4.25. The van der Waals surface area contributed by atoms with Gasteiger partial charge in [-0.3, -0.25) is 0 Å².